The van der Waals surface area contributed by atoms with Crippen LogP contribution in [0.15, 0.2) is 36.5 Å². The van der Waals surface area contributed by atoms with Crippen molar-refractivity contribution in [3.05, 3.63) is 52.8 Å². The van der Waals surface area contributed by atoms with Gasteiger partial charge in [0.15, 0.2) is 5.67 Å². The summed E-state index contributed by atoms with van der Waals surface area (Å²) in [5.74, 6) is 0.345. The fourth-order valence-corrected chi connectivity index (χ4v) is 3.62. The molecule has 162 valence electrons. The van der Waals surface area contributed by atoms with Crippen LogP contribution in [-0.4, -0.2) is 52.7 Å². The Morgan fingerprint density at radius 3 is 2.57 bits per heavy atom. The number of pyridine rings is 1. The van der Waals surface area contributed by atoms with Crippen molar-refractivity contribution in [2.75, 3.05) is 31.9 Å². The third kappa shape index (κ3) is 4.97. The molecule has 2 heterocycles. The Kier molecular flexibility index (Phi) is 7.06. The summed E-state index contributed by atoms with van der Waals surface area (Å²) in [5, 5.41) is 21.4. The monoisotopic (exact) mass is 441 g/mol. The van der Waals surface area contributed by atoms with Crippen LogP contribution >= 0.6 is 11.6 Å². The molecule has 0 aliphatic carbocycles. The summed E-state index contributed by atoms with van der Waals surface area (Å²) in [4.78, 5) is 18.0. The second kappa shape index (κ2) is 9.55. The maximum Gasteiger partial charge on any atom is 0.321 e. The number of benzene rings is 1. The maximum absolute atomic E-state index is 15.5. The summed E-state index contributed by atoms with van der Waals surface area (Å²) in [6, 6.07) is 7.24. The smallest absolute Gasteiger partial charge is 0.321 e. The Hall–Kier alpha value is -2.49. The predicted octanol–water partition coefficient (Wildman–Crippen LogP) is 3.56. The van der Waals surface area contributed by atoms with Gasteiger partial charge in [0.25, 0.3) is 0 Å². The van der Waals surface area contributed by atoms with Crippen molar-refractivity contribution in [2.45, 2.75) is 24.6 Å². The first-order valence-corrected chi connectivity index (χ1v) is 9.72. The van der Waals surface area contributed by atoms with Crippen LogP contribution in [0.2, 0.25) is 5.02 Å². The van der Waals surface area contributed by atoms with E-state index in [2.05, 4.69) is 10.3 Å². The van der Waals surface area contributed by atoms with Gasteiger partial charge in [-0.1, -0.05) is 11.6 Å². The summed E-state index contributed by atoms with van der Waals surface area (Å²) in [5.41, 5.74) is -0.941. The average Bonchev–Trinajstić information content (AvgIpc) is 2.75. The fraction of sp³-hybridized carbons (Fsp3) is 0.400. The van der Waals surface area contributed by atoms with Gasteiger partial charge in [-0.3, -0.25) is 4.98 Å². The van der Waals surface area contributed by atoms with Crippen LogP contribution in [0, 0.1) is 0 Å². The summed E-state index contributed by atoms with van der Waals surface area (Å²) >= 11 is 6.17. The standard InChI is InChI=1S/C20H22ClF2N3O4/c21-16-9-13(17(28)11-27)10-24-18(16)20(23)5-7-26(8-6-20)19(29)25-14-1-3-15(4-2-14)30-12-22/h1-4,9-10,17,27-28H,5-8,11-12H2,(H,25,29)/t17-/m1/s1. The van der Waals surface area contributed by atoms with Crippen LogP contribution in [0.4, 0.5) is 19.3 Å². The van der Waals surface area contributed by atoms with E-state index in [0.717, 1.165) is 0 Å². The van der Waals surface area contributed by atoms with Crippen molar-refractivity contribution in [1.29, 1.82) is 0 Å². The zero-order valence-corrected chi connectivity index (χ0v) is 16.8. The fourth-order valence-electron chi connectivity index (χ4n) is 3.27. The number of aliphatic hydroxyl groups excluding tert-OH is 2. The number of piperidine rings is 1. The molecule has 0 saturated carbocycles. The Morgan fingerprint density at radius 2 is 2.00 bits per heavy atom. The van der Waals surface area contributed by atoms with Crippen molar-refractivity contribution in [2.24, 2.45) is 0 Å². The molecular formula is C20H22ClF2N3O4. The molecule has 0 unspecified atom stereocenters. The highest BCUT2D eigenvalue weighted by molar-refractivity contribution is 6.31. The number of nitrogens with zero attached hydrogens (tertiary/aromatic N) is 2. The van der Waals surface area contributed by atoms with Crippen LogP contribution < -0.4 is 10.1 Å². The molecule has 0 spiro atoms. The molecule has 2 amide bonds. The summed E-state index contributed by atoms with van der Waals surface area (Å²) < 4.78 is 32.4. The first-order valence-electron chi connectivity index (χ1n) is 9.35. The highest BCUT2D eigenvalue weighted by Gasteiger charge is 2.40. The van der Waals surface area contributed by atoms with Crippen LogP contribution in [0.25, 0.3) is 0 Å². The first-order chi connectivity index (χ1) is 14.4. The maximum atomic E-state index is 15.5. The zero-order valence-electron chi connectivity index (χ0n) is 16.0. The molecule has 3 rings (SSSR count). The Bertz CT molecular complexity index is 877. The van der Waals surface area contributed by atoms with Gasteiger partial charge in [0, 0.05) is 43.4 Å². The number of nitrogens with one attached hydrogen (secondary N) is 1. The molecule has 30 heavy (non-hydrogen) atoms. The number of urea groups is 1. The number of aromatic nitrogens is 1. The second-order valence-electron chi connectivity index (χ2n) is 6.96. The van der Waals surface area contributed by atoms with E-state index in [9.17, 15) is 14.3 Å². The van der Waals surface area contributed by atoms with Crippen molar-refractivity contribution in [1.82, 2.24) is 9.88 Å². The molecule has 0 radical (unpaired) electrons. The van der Waals surface area contributed by atoms with E-state index < -0.39 is 25.2 Å². The number of hydrogen-bond donors (Lipinski definition) is 3. The van der Waals surface area contributed by atoms with Gasteiger partial charge in [-0.25, -0.2) is 13.6 Å². The number of anilines is 1. The van der Waals surface area contributed by atoms with E-state index in [0.29, 0.717) is 17.0 Å². The predicted molar refractivity (Wildman–Crippen MR) is 107 cm³/mol. The molecular weight excluding hydrogens is 420 g/mol. The molecule has 3 N–H and O–H groups in total. The number of hydrogen-bond acceptors (Lipinski definition) is 5. The minimum atomic E-state index is -1.80. The van der Waals surface area contributed by atoms with Crippen molar-refractivity contribution in [3.8, 4) is 5.75 Å². The number of alkyl halides is 2. The van der Waals surface area contributed by atoms with E-state index >= 15 is 4.39 Å². The summed E-state index contributed by atoms with van der Waals surface area (Å²) in [7, 11) is 0. The van der Waals surface area contributed by atoms with Crippen LogP contribution in [0.5, 0.6) is 5.75 Å². The van der Waals surface area contributed by atoms with E-state index in [4.69, 9.17) is 21.4 Å². The third-order valence-corrected chi connectivity index (χ3v) is 5.30. The quantitative estimate of drug-likeness (QED) is 0.637. The minimum absolute atomic E-state index is 0.0122. The Balaban J connectivity index is 1.61. The van der Waals surface area contributed by atoms with Gasteiger partial charge in [0.2, 0.25) is 6.86 Å². The van der Waals surface area contributed by atoms with Crippen LogP contribution in [0.1, 0.15) is 30.2 Å². The van der Waals surface area contributed by atoms with Gasteiger partial charge in [0.05, 0.1) is 17.3 Å². The van der Waals surface area contributed by atoms with E-state index in [1.54, 1.807) is 12.1 Å². The number of amides is 2. The van der Waals surface area contributed by atoms with Gasteiger partial charge in [-0.15, -0.1) is 0 Å². The van der Waals surface area contributed by atoms with E-state index in [-0.39, 0.29) is 42.7 Å². The molecule has 10 heteroatoms. The topological polar surface area (TPSA) is 94.9 Å². The SMILES string of the molecule is O=C(Nc1ccc(OCF)cc1)N1CCC(F)(c2ncc([C@H](O)CO)cc2Cl)CC1. The zero-order chi connectivity index (χ0) is 21.7. The molecule has 2 aromatic rings. The van der Waals surface area contributed by atoms with Crippen LogP contribution in [0.3, 0.4) is 0 Å². The highest BCUT2D eigenvalue weighted by Crippen LogP contribution is 2.40. The molecule has 1 aromatic carbocycles. The third-order valence-electron chi connectivity index (χ3n) is 5.01. The molecule has 0 bridgehead atoms. The Morgan fingerprint density at radius 1 is 1.33 bits per heavy atom. The lowest BCUT2D eigenvalue weighted by atomic mass is 9.89. The normalized spacial score (nSPS) is 16.8. The molecule has 1 fully saturated rings. The van der Waals surface area contributed by atoms with Crippen LogP contribution in [-0.2, 0) is 5.67 Å². The summed E-state index contributed by atoms with van der Waals surface area (Å²) in [6.07, 6.45) is 0.179. The average molecular weight is 442 g/mol. The Labute approximate surface area is 177 Å². The number of likely N-dealkylation sites (tertiary alicyclic amines) is 1. The lowest BCUT2D eigenvalue weighted by molar-refractivity contribution is 0.0679. The molecule has 7 nitrogen and oxygen atoms in total. The second-order valence-corrected chi connectivity index (χ2v) is 7.36. The van der Waals surface area contributed by atoms with Crippen molar-refractivity contribution >= 4 is 23.3 Å². The lowest BCUT2D eigenvalue weighted by Gasteiger charge is -2.36. The van der Waals surface area contributed by atoms with Gasteiger partial charge in [0.1, 0.15) is 11.9 Å². The molecule has 1 aliphatic rings. The number of ether oxygens (including phenoxy) is 1. The molecule has 1 aliphatic heterocycles. The number of halogens is 3. The lowest BCUT2D eigenvalue weighted by Crippen LogP contribution is -2.45. The number of carbonyl (C=O) groups is 1. The van der Waals surface area contributed by atoms with Gasteiger partial charge < -0.3 is 25.2 Å². The number of aliphatic hydroxyl groups is 2. The van der Waals surface area contributed by atoms with Gasteiger partial charge >= 0.3 is 6.03 Å². The number of carbonyl (C=O) groups excluding carboxylic acids is 1. The van der Waals surface area contributed by atoms with E-state index in [1.807, 2.05) is 0 Å². The first kappa shape index (κ1) is 22.2. The largest absolute Gasteiger partial charge is 0.463 e. The number of rotatable bonds is 6. The highest BCUT2D eigenvalue weighted by atomic mass is 35.5. The molecule has 1 aromatic heterocycles. The van der Waals surface area contributed by atoms with Gasteiger partial charge in [-0.2, -0.15) is 0 Å². The van der Waals surface area contributed by atoms with Gasteiger partial charge in [-0.05, 0) is 30.3 Å². The van der Waals surface area contributed by atoms with Crippen molar-refractivity contribution in [3.63, 3.8) is 0 Å². The minimum Gasteiger partial charge on any atom is -0.463 e. The molecule has 1 saturated heterocycles. The van der Waals surface area contributed by atoms with Crippen molar-refractivity contribution < 1.29 is 28.5 Å². The summed E-state index contributed by atoms with van der Waals surface area (Å²) in [6.45, 7) is -1.11. The van der Waals surface area contributed by atoms with E-state index in [1.165, 1.54) is 29.3 Å². The molecule has 1 atom stereocenters.